The van der Waals surface area contributed by atoms with Crippen LogP contribution in [-0.2, 0) is 0 Å². The van der Waals surface area contributed by atoms with Gasteiger partial charge in [0.05, 0.1) is 5.69 Å². The van der Waals surface area contributed by atoms with Crippen LogP contribution in [-0.4, -0.2) is 34.4 Å². The molecule has 0 amide bonds. The normalized spacial score (nSPS) is 10.9. The van der Waals surface area contributed by atoms with Gasteiger partial charge in [-0.1, -0.05) is 18.0 Å². The number of aromatic amines is 1. The van der Waals surface area contributed by atoms with Gasteiger partial charge < -0.3 is 20.4 Å². The Balaban J connectivity index is 1.46. The second kappa shape index (κ2) is 9.67. The van der Waals surface area contributed by atoms with Crippen molar-refractivity contribution in [1.29, 1.82) is 0 Å². The first-order valence-corrected chi connectivity index (χ1v) is 11.0. The van der Waals surface area contributed by atoms with E-state index in [9.17, 15) is 4.39 Å². The van der Waals surface area contributed by atoms with Gasteiger partial charge >= 0.3 is 0 Å². The van der Waals surface area contributed by atoms with Crippen molar-refractivity contribution in [3.63, 3.8) is 0 Å². The van der Waals surface area contributed by atoms with Gasteiger partial charge in [0.1, 0.15) is 18.2 Å². The van der Waals surface area contributed by atoms with Crippen molar-refractivity contribution in [2.75, 3.05) is 30.0 Å². The summed E-state index contributed by atoms with van der Waals surface area (Å²) >= 11 is 1.56. The number of aryl methyl sites for hydroxylation is 1. The van der Waals surface area contributed by atoms with Crippen molar-refractivity contribution in [3.05, 3.63) is 66.2 Å². The lowest BCUT2D eigenvalue weighted by atomic mass is 10.2. The molecular formula is C22H23FN6OS. The Hall–Kier alpha value is -3.30. The van der Waals surface area contributed by atoms with Gasteiger partial charge in [0, 0.05) is 41.1 Å². The molecule has 0 fully saturated rings. The Bertz CT molecular complexity index is 1180. The summed E-state index contributed by atoms with van der Waals surface area (Å²) in [4.78, 5) is 11.8. The summed E-state index contributed by atoms with van der Waals surface area (Å²) in [6, 6.07) is 14.6. The van der Waals surface area contributed by atoms with Gasteiger partial charge in [-0.2, -0.15) is 4.98 Å². The predicted octanol–water partition coefficient (Wildman–Crippen LogP) is 5.14. The van der Waals surface area contributed by atoms with Crippen LogP contribution in [0.4, 0.5) is 27.5 Å². The first kappa shape index (κ1) is 21.0. The highest BCUT2D eigenvalue weighted by atomic mass is 32.2. The molecule has 0 spiro atoms. The average molecular weight is 439 g/mol. The third-order valence-corrected chi connectivity index (χ3v) is 4.99. The van der Waals surface area contributed by atoms with E-state index in [2.05, 4.69) is 30.3 Å². The number of nitrogens with one attached hydrogen (secondary N) is 4. The van der Waals surface area contributed by atoms with Crippen molar-refractivity contribution in [2.45, 2.75) is 6.92 Å². The highest BCUT2D eigenvalue weighted by Gasteiger charge is 2.10. The van der Waals surface area contributed by atoms with E-state index >= 15 is 0 Å². The summed E-state index contributed by atoms with van der Waals surface area (Å²) in [5, 5.41) is 6.74. The number of rotatable bonds is 9. The zero-order valence-corrected chi connectivity index (χ0v) is 18.0. The number of hydrogen-bond donors (Lipinski definition) is 4. The summed E-state index contributed by atoms with van der Waals surface area (Å²) in [6.07, 6.45) is 3.59. The van der Waals surface area contributed by atoms with E-state index in [4.69, 9.17) is 4.74 Å². The van der Waals surface area contributed by atoms with Gasteiger partial charge in [-0.15, -0.1) is 0 Å². The highest BCUT2D eigenvalue weighted by molar-refractivity contribution is 7.96. The molecule has 4 rings (SSSR count). The number of benzene rings is 2. The Morgan fingerprint density at radius 1 is 1.13 bits per heavy atom. The van der Waals surface area contributed by atoms with Crippen LogP contribution in [0.3, 0.4) is 0 Å². The number of nitrogens with zero attached hydrogens (tertiary/aromatic N) is 2. The van der Waals surface area contributed by atoms with Crippen LogP contribution in [0.15, 0.2) is 54.7 Å². The molecule has 0 saturated carbocycles. The summed E-state index contributed by atoms with van der Waals surface area (Å²) in [5.74, 6) is 1.30. The Kier molecular flexibility index (Phi) is 6.54. The predicted molar refractivity (Wildman–Crippen MR) is 125 cm³/mol. The molecule has 0 radical (unpaired) electrons. The summed E-state index contributed by atoms with van der Waals surface area (Å²) in [6.45, 7) is 3.22. The zero-order chi connectivity index (χ0) is 21.6. The van der Waals surface area contributed by atoms with Crippen LogP contribution in [0.25, 0.3) is 10.9 Å². The molecule has 2 heterocycles. The maximum atomic E-state index is 14.8. The smallest absolute Gasteiger partial charge is 0.229 e. The zero-order valence-electron chi connectivity index (χ0n) is 17.2. The van der Waals surface area contributed by atoms with Crippen LogP contribution in [0, 0.1) is 12.7 Å². The minimum absolute atomic E-state index is 0.323. The number of fused-ring (bicyclic) bond motifs is 1. The summed E-state index contributed by atoms with van der Waals surface area (Å²) < 4.78 is 23.7. The summed E-state index contributed by atoms with van der Waals surface area (Å²) in [5.41, 5.74) is 2.82. The third kappa shape index (κ3) is 5.25. The van der Waals surface area contributed by atoms with E-state index in [0.29, 0.717) is 29.4 Å². The molecule has 0 aliphatic carbocycles. The summed E-state index contributed by atoms with van der Waals surface area (Å²) in [7, 11) is 0. The lowest BCUT2D eigenvalue weighted by Crippen LogP contribution is -2.13. The van der Waals surface area contributed by atoms with Crippen LogP contribution >= 0.6 is 11.9 Å². The van der Waals surface area contributed by atoms with E-state index in [1.165, 1.54) is 0 Å². The molecule has 9 heteroatoms. The molecule has 0 unspecified atom stereocenters. The van der Waals surface area contributed by atoms with Crippen LogP contribution in [0.5, 0.6) is 5.75 Å². The van der Waals surface area contributed by atoms with Crippen molar-refractivity contribution in [2.24, 2.45) is 0 Å². The molecule has 2 aromatic carbocycles. The molecule has 31 heavy (non-hydrogen) atoms. The Morgan fingerprint density at radius 2 is 2.03 bits per heavy atom. The van der Waals surface area contributed by atoms with Crippen molar-refractivity contribution < 1.29 is 9.13 Å². The molecule has 0 aliphatic rings. The maximum Gasteiger partial charge on any atom is 0.229 e. The first-order chi connectivity index (χ1) is 15.1. The number of ether oxygens (including phenoxy) is 1. The van der Waals surface area contributed by atoms with Gasteiger partial charge in [-0.05, 0) is 49.6 Å². The Labute approximate surface area is 184 Å². The third-order valence-electron chi connectivity index (χ3n) is 4.50. The number of halogens is 1. The highest BCUT2D eigenvalue weighted by Crippen LogP contribution is 2.27. The van der Waals surface area contributed by atoms with Crippen LogP contribution < -0.4 is 20.1 Å². The van der Waals surface area contributed by atoms with E-state index in [1.54, 1.807) is 36.3 Å². The number of aromatic nitrogens is 3. The Morgan fingerprint density at radius 3 is 2.90 bits per heavy atom. The van der Waals surface area contributed by atoms with E-state index in [1.807, 2.05) is 43.5 Å². The van der Waals surface area contributed by atoms with E-state index in [0.717, 1.165) is 29.2 Å². The fourth-order valence-electron chi connectivity index (χ4n) is 3.14. The van der Waals surface area contributed by atoms with Crippen molar-refractivity contribution in [3.8, 4) is 5.75 Å². The minimum atomic E-state index is -0.323. The number of H-pyrrole nitrogens is 1. The monoisotopic (exact) mass is 438 g/mol. The standard InChI is InChI=1S/C22H23FN6OS/c1-14-12-17-18(26-14)6-7-19(21(17)23)28-20-8-9-24-22(29-20)27-15-4-3-5-16(13-15)30-11-10-25-31-2/h3-9,12-13,25-26H,10-11H2,1-2H3,(H2,24,27,28,29). The van der Waals surface area contributed by atoms with Gasteiger partial charge in [0.2, 0.25) is 5.95 Å². The second-order valence-electron chi connectivity index (χ2n) is 6.83. The van der Waals surface area contributed by atoms with Crippen molar-refractivity contribution in [1.82, 2.24) is 19.7 Å². The first-order valence-electron chi connectivity index (χ1n) is 9.76. The van der Waals surface area contributed by atoms with Gasteiger partial charge in [-0.3, -0.25) is 4.72 Å². The quantitative estimate of drug-likeness (QED) is 0.213. The molecule has 0 bridgehead atoms. The topological polar surface area (TPSA) is 86.9 Å². The van der Waals surface area contributed by atoms with E-state index < -0.39 is 0 Å². The minimum Gasteiger partial charge on any atom is -0.492 e. The van der Waals surface area contributed by atoms with Crippen LogP contribution in [0.1, 0.15) is 5.69 Å². The molecule has 0 aliphatic heterocycles. The van der Waals surface area contributed by atoms with E-state index in [-0.39, 0.29) is 5.82 Å². The molecule has 0 saturated heterocycles. The molecule has 160 valence electrons. The molecule has 2 aromatic heterocycles. The number of anilines is 4. The molecular weight excluding hydrogens is 415 g/mol. The second-order valence-corrected chi connectivity index (χ2v) is 7.53. The van der Waals surface area contributed by atoms with Crippen LogP contribution in [0.2, 0.25) is 0 Å². The average Bonchev–Trinajstić information content (AvgIpc) is 3.15. The van der Waals surface area contributed by atoms with Gasteiger partial charge in [-0.25, -0.2) is 9.37 Å². The SMILES string of the molecule is CSNCCOc1cccc(Nc2nccc(Nc3ccc4[nH]c(C)cc4c3F)n2)c1. The molecule has 4 N–H and O–H groups in total. The lowest BCUT2D eigenvalue weighted by Gasteiger charge is -2.11. The lowest BCUT2D eigenvalue weighted by molar-refractivity contribution is 0.325. The fourth-order valence-corrected chi connectivity index (χ4v) is 3.42. The molecule has 4 aromatic rings. The largest absolute Gasteiger partial charge is 0.492 e. The van der Waals surface area contributed by atoms with Gasteiger partial charge in [0.25, 0.3) is 0 Å². The number of hydrogen-bond acceptors (Lipinski definition) is 7. The fraction of sp³-hybridized carbons (Fsp3) is 0.182. The van der Waals surface area contributed by atoms with Crippen molar-refractivity contribution >= 4 is 46.0 Å². The van der Waals surface area contributed by atoms with Gasteiger partial charge in [0.15, 0.2) is 5.82 Å². The maximum absolute atomic E-state index is 14.8. The molecule has 7 nitrogen and oxygen atoms in total. The molecule has 0 atom stereocenters.